The van der Waals surface area contributed by atoms with Gasteiger partial charge in [-0.15, -0.1) is 0 Å². The van der Waals surface area contributed by atoms with Gasteiger partial charge in [-0.2, -0.15) is 0 Å². The van der Waals surface area contributed by atoms with Crippen LogP contribution < -0.4 is 14.9 Å². The molecule has 5 rings (SSSR count). The Morgan fingerprint density at radius 3 is 2.36 bits per heavy atom. The van der Waals surface area contributed by atoms with E-state index < -0.39 is 20.6 Å². The average molecular weight is 692 g/mol. The fourth-order valence-corrected chi connectivity index (χ4v) is 12.3. The van der Waals surface area contributed by atoms with Crippen molar-refractivity contribution in [3.63, 3.8) is 0 Å². The Hall–Kier alpha value is -0.642. The molecule has 2 aromatic rings. The molecule has 3 aliphatic rings. The van der Waals surface area contributed by atoms with E-state index in [-0.39, 0.29) is 14.9 Å². The van der Waals surface area contributed by atoms with Crippen molar-refractivity contribution in [1.29, 1.82) is 0 Å². The SMILES string of the molecule is C.C.CC[C@H]1CCCC2(C)C(CCCCN[O][Sb]([CH3])[c]3ccc4ccccc4c3)CCC2C2(C)CCCCC12.CON. The summed E-state index contributed by atoms with van der Waals surface area (Å²) >= 11 is -1.90. The number of nitrogens with one attached hydrogen (secondary N) is 1. The first-order chi connectivity index (χ1) is 19.4. The standard InChI is InChI=1S/C23H42NO.C10H7.CH5NO.2CH4.CH3.Sb/c1-4-18-10-9-16-22(2)19(11-6-8-17-24-25)13-14-21(22)23(3)15-7-5-12-20(18)23;1-2-6-10-8-4-3-7-9(10)5-1;1-3-2;;;;/h18-21,24H,4-17H2,1-3H3;1-3,5-8H;2H2,1H3;2*1H4;1H3;/q-1;;;;;;+1/t18-,19?,20?,21?,22?,23?;;;;;;/m0....../s1. The molecule has 4 nitrogen and oxygen atoms in total. The van der Waals surface area contributed by atoms with Crippen molar-refractivity contribution in [2.75, 3.05) is 13.7 Å². The van der Waals surface area contributed by atoms with Gasteiger partial charge in [-0.05, 0) is 0 Å². The van der Waals surface area contributed by atoms with Gasteiger partial charge in [-0.1, -0.05) is 34.6 Å². The summed E-state index contributed by atoms with van der Waals surface area (Å²) in [6.07, 6.45) is 18.8. The van der Waals surface area contributed by atoms with E-state index in [9.17, 15) is 0 Å². The molecule has 3 saturated carbocycles. The van der Waals surface area contributed by atoms with Crippen LogP contribution >= 0.6 is 0 Å². The van der Waals surface area contributed by atoms with Crippen molar-refractivity contribution < 1.29 is 7.95 Å². The van der Waals surface area contributed by atoms with Gasteiger partial charge >= 0.3 is 216 Å². The second-order valence-corrected chi connectivity index (χ2v) is 18.3. The second-order valence-electron chi connectivity index (χ2n) is 13.5. The van der Waals surface area contributed by atoms with Gasteiger partial charge in [0, 0.05) is 0 Å². The molecule has 0 aromatic heterocycles. The maximum absolute atomic E-state index is 6.21. The van der Waals surface area contributed by atoms with Crippen LogP contribution in [0.1, 0.15) is 119 Å². The average Bonchev–Trinajstić information content (AvgIpc) is 3.28. The van der Waals surface area contributed by atoms with Crippen molar-refractivity contribution in [3.05, 3.63) is 42.5 Å². The molecule has 42 heavy (non-hydrogen) atoms. The van der Waals surface area contributed by atoms with Gasteiger partial charge in [-0.3, -0.25) is 0 Å². The third-order valence-electron chi connectivity index (χ3n) is 11.4. The van der Waals surface area contributed by atoms with Crippen LogP contribution in [0.25, 0.3) is 10.8 Å². The van der Waals surface area contributed by atoms with E-state index in [0.29, 0.717) is 10.8 Å². The van der Waals surface area contributed by atoms with E-state index in [1.54, 1.807) is 0 Å². The minimum absolute atomic E-state index is 0. The summed E-state index contributed by atoms with van der Waals surface area (Å²) < 4.78 is 7.63. The van der Waals surface area contributed by atoms with Gasteiger partial charge in [-0.25, -0.2) is 5.90 Å². The van der Waals surface area contributed by atoms with Crippen LogP contribution in [0.5, 0.6) is 0 Å². The number of nitrogens with two attached hydrogens (primary N) is 1. The Morgan fingerprint density at radius 1 is 0.905 bits per heavy atom. The normalized spacial score (nSPS) is 30.5. The fourth-order valence-electron chi connectivity index (χ4n) is 9.43. The first-order valence-electron chi connectivity index (χ1n) is 16.2. The molecule has 0 saturated heterocycles. The number of hydroxylamine groups is 1. The third-order valence-corrected chi connectivity index (χ3v) is 15.4. The summed E-state index contributed by atoms with van der Waals surface area (Å²) in [7, 11) is 1.40. The van der Waals surface area contributed by atoms with Crippen molar-refractivity contribution in [2.45, 2.75) is 124 Å². The molecule has 2 aromatic carbocycles. The maximum Gasteiger partial charge on any atom is 0.0569 e. The number of fused-ring (bicyclic) bond motifs is 4. The van der Waals surface area contributed by atoms with Crippen LogP contribution in [0.15, 0.2) is 42.5 Å². The number of benzene rings is 2. The number of hydrogen-bond acceptors (Lipinski definition) is 4. The van der Waals surface area contributed by atoms with E-state index in [1.807, 2.05) is 0 Å². The number of unbranched alkanes of at least 4 members (excludes halogenated alkanes) is 1. The third kappa shape index (κ3) is 8.54. The number of rotatable bonds is 9. The Bertz CT molecular complexity index is 1050. The van der Waals surface area contributed by atoms with E-state index in [4.69, 9.17) is 3.12 Å². The van der Waals surface area contributed by atoms with E-state index in [0.717, 1.165) is 30.2 Å². The van der Waals surface area contributed by atoms with Crippen LogP contribution in [0.2, 0.25) is 4.87 Å². The van der Waals surface area contributed by atoms with Crippen LogP contribution in [-0.4, -0.2) is 34.3 Å². The van der Waals surface area contributed by atoms with Crippen LogP contribution in [0, 0.1) is 34.5 Å². The van der Waals surface area contributed by atoms with Gasteiger partial charge in [0.2, 0.25) is 0 Å². The Labute approximate surface area is 267 Å². The largest absolute Gasteiger partial charge is 0.308 e. The van der Waals surface area contributed by atoms with Gasteiger partial charge in [0.05, 0.1) is 7.11 Å². The summed E-state index contributed by atoms with van der Waals surface area (Å²) in [5, 5.41) is 2.65. The number of hydrogen-bond donors (Lipinski definition) is 2. The minimum atomic E-state index is -1.90. The van der Waals surface area contributed by atoms with Gasteiger partial charge in [0.15, 0.2) is 0 Å². The van der Waals surface area contributed by atoms with Crippen molar-refractivity contribution >= 4 is 34.9 Å². The van der Waals surface area contributed by atoms with Gasteiger partial charge in [0.1, 0.15) is 0 Å². The molecular weight excluding hydrogens is 626 g/mol. The Balaban J connectivity index is 0.00000118. The molecular formula is C37H65N2O2Sb. The molecule has 0 spiro atoms. The molecule has 3 aliphatic carbocycles. The maximum atomic E-state index is 6.21. The Morgan fingerprint density at radius 2 is 1.62 bits per heavy atom. The zero-order valence-corrected chi connectivity index (χ0v) is 28.6. The molecule has 6 atom stereocenters. The second kappa shape index (κ2) is 17.7. The minimum Gasteiger partial charge on any atom is -0.308 e. The fraction of sp³-hybridized carbons (Fsp3) is 0.730. The topological polar surface area (TPSA) is 56.5 Å². The van der Waals surface area contributed by atoms with Crippen molar-refractivity contribution in [3.8, 4) is 0 Å². The Kier molecular flexibility index (Phi) is 15.9. The summed E-state index contributed by atoms with van der Waals surface area (Å²) in [6.45, 7) is 8.95. The molecule has 0 heterocycles. The van der Waals surface area contributed by atoms with Crippen LogP contribution in [-0.2, 0) is 7.95 Å². The summed E-state index contributed by atoms with van der Waals surface area (Å²) in [5.74, 6) is 8.22. The van der Waals surface area contributed by atoms with Gasteiger partial charge in [0.25, 0.3) is 0 Å². The molecule has 5 heteroatoms. The first-order valence-corrected chi connectivity index (χ1v) is 21.1. The molecule has 0 radical (unpaired) electrons. The zero-order chi connectivity index (χ0) is 28.6. The van der Waals surface area contributed by atoms with Gasteiger partial charge < -0.3 is 4.84 Å². The van der Waals surface area contributed by atoms with E-state index in [1.165, 1.54) is 105 Å². The van der Waals surface area contributed by atoms with Crippen LogP contribution in [0.3, 0.4) is 0 Å². The predicted molar refractivity (Wildman–Crippen MR) is 185 cm³/mol. The van der Waals surface area contributed by atoms with E-state index >= 15 is 0 Å². The molecule has 3 fully saturated rings. The molecule has 0 bridgehead atoms. The molecule has 0 aliphatic heterocycles. The predicted octanol–water partition coefficient (Wildman–Crippen LogP) is 9.58. The summed E-state index contributed by atoms with van der Waals surface area (Å²) in [6, 6.07) is 15.5. The summed E-state index contributed by atoms with van der Waals surface area (Å²) in [4.78, 5) is 6.08. The monoisotopic (exact) mass is 690 g/mol. The van der Waals surface area contributed by atoms with Crippen molar-refractivity contribution in [1.82, 2.24) is 5.48 Å². The van der Waals surface area contributed by atoms with Crippen LogP contribution in [0.4, 0.5) is 0 Å². The molecule has 3 N–H and O–H groups in total. The molecule has 240 valence electrons. The smallest absolute Gasteiger partial charge is 0.0569 e. The molecule has 5 unspecified atom stereocenters. The van der Waals surface area contributed by atoms with Crippen molar-refractivity contribution in [2.24, 2.45) is 40.4 Å². The molecule has 0 amide bonds. The van der Waals surface area contributed by atoms with E-state index in [2.05, 4.69) is 84.3 Å². The quantitative estimate of drug-likeness (QED) is 0.156. The summed E-state index contributed by atoms with van der Waals surface area (Å²) in [5.41, 5.74) is 4.55. The zero-order valence-electron chi connectivity index (χ0n) is 26.1. The first kappa shape index (κ1) is 37.5.